The van der Waals surface area contributed by atoms with Gasteiger partial charge < -0.3 is 5.11 Å². The smallest absolute Gasteiger partial charge is 0.0824 e. The first-order valence-electron chi connectivity index (χ1n) is 5.16. The van der Waals surface area contributed by atoms with Gasteiger partial charge in [0.1, 0.15) is 0 Å². The lowest BCUT2D eigenvalue weighted by Crippen LogP contribution is -2.55. The van der Waals surface area contributed by atoms with Crippen LogP contribution >= 0.6 is 0 Å². The van der Waals surface area contributed by atoms with E-state index in [1.807, 2.05) is 0 Å². The van der Waals surface area contributed by atoms with Gasteiger partial charge in [-0.2, -0.15) is 0 Å². The van der Waals surface area contributed by atoms with Gasteiger partial charge in [-0.25, -0.2) is 0 Å². The van der Waals surface area contributed by atoms with Crippen molar-refractivity contribution in [3.63, 3.8) is 0 Å². The summed E-state index contributed by atoms with van der Waals surface area (Å²) in [6.07, 6.45) is 5.12. The maximum absolute atomic E-state index is 10.6. The van der Waals surface area contributed by atoms with Crippen molar-refractivity contribution in [1.29, 1.82) is 0 Å². The Labute approximate surface area is 76.2 Å². The minimum atomic E-state index is -1.35. The van der Waals surface area contributed by atoms with Gasteiger partial charge in [-0.1, -0.05) is 19.6 Å². The van der Waals surface area contributed by atoms with E-state index in [0.29, 0.717) is 5.92 Å². The number of hydrogen-bond donors (Lipinski definition) is 1. The zero-order chi connectivity index (χ0) is 8.98. The summed E-state index contributed by atoms with van der Waals surface area (Å²) in [5.41, 5.74) is 0. The Morgan fingerprint density at radius 3 is 2.17 bits per heavy atom. The van der Waals surface area contributed by atoms with Crippen LogP contribution < -0.4 is 0 Å². The third kappa shape index (κ3) is 1.01. The van der Waals surface area contributed by atoms with Crippen LogP contribution in [0.15, 0.2) is 0 Å². The molecular formula is C10H20OSi. The molecule has 0 radical (unpaired) electrons. The second kappa shape index (κ2) is 2.35. The van der Waals surface area contributed by atoms with E-state index in [1.165, 1.54) is 19.3 Å². The van der Waals surface area contributed by atoms with Gasteiger partial charge in [0, 0.05) is 0 Å². The molecule has 2 fully saturated rings. The van der Waals surface area contributed by atoms with Crippen molar-refractivity contribution < 1.29 is 5.11 Å². The van der Waals surface area contributed by atoms with Gasteiger partial charge in [-0.15, -0.1) is 0 Å². The second-order valence-electron chi connectivity index (χ2n) is 5.75. The highest BCUT2D eigenvalue weighted by molar-refractivity contribution is 6.79. The lowest BCUT2D eigenvalue weighted by molar-refractivity contribution is 0.0567. The Hall–Kier alpha value is 0.177. The summed E-state index contributed by atoms with van der Waals surface area (Å²) < 4.78 is 0. The molecule has 1 unspecified atom stereocenters. The van der Waals surface area contributed by atoms with Crippen LogP contribution in [0.2, 0.25) is 19.6 Å². The quantitative estimate of drug-likeness (QED) is 0.621. The van der Waals surface area contributed by atoms with Crippen LogP contribution in [0.3, 0.4) is 0 Å². The van der Waals surface area contributed by atoms with Crippen molar-refractivity contribution in [2.45, 2.75) is 50.5 Å². The van der Waals surface area contributed by atoms with Crippen molar-refractivity contribution in [3.05, 3.63) is 0 Å². The fourth-order valence-corrected chi connectivity index (χ4v) is 5.61. The van der Waals surface area contributed by atoms with E-state index in [2.05, 4.69) is 19.6 Å². The highest BCUT2D eigenvalue weighted by Crippen LogP contribution is 2.54. The Morgan fingerprint density at radius 1 is 1.25 bits per heavy atom. The molecule has 0 aromatic rings. The normalized spacial score (nSPS) is 47.0. The van der Waals surface area contributed by atoms with Gasteiger partial charge in [0.2, 0.25) is 0 Å². The molecule has 1 nitrogen and oxygen atoms in total. The Morgan fingerprint density at radius 2 is 1.92 bits per heavy atom. The third-order valence-electron chi connectivity index (χ3n) is 4.12. The highest BCUT2D eigenvalue weighted by Gasteiger charge is 2.56. The summed E-state index contributed by atoms with van der Waals surface area (Å²) in [5, 5.41) is 10.4. The number of rotatable bonds is 1. The molecule has 2 aliphatic carbocycles. The van der Waals surface area contributed by atoms with Gasteiger partial charge >= 0.3 is 0 Å². The summed E-state index contributed by atoms with van der Waals surface area (Å²) in [7, 11) is -1.35. The van der Waals surface area contributed by atoms with Crippen LogP contribution in [-0.4, -0.2) is 18.4 Å². The average molecular weight is 184 g/mol. The van der Waals surface area contributed by atoms with E-state index >= 15 is 0 Å². The number of hydrogen-bond acceptors (Lipinski definition) is 1. The van der Waals surface area contributed by atoms with Crippen LogP contribution in [0.1, 0.15) is 25.7 Å². The molecule has 2 bridgehead atoms. The largest absolute Gasteiger partial charge is 0.393 e. The predicted molar refractivity (Wildman–Crippen MR) is 53.7 cm³/mol. The molecule has 0 aromatic heterocycles. The van der Waals surface area contributed by atoms with Crippen molar-refractivity contribution >= 4 is 8.07 Å². The zero-order valence-electron chi connectivity index (χ0n) is 8.43. The lowest BCUT2D eigenvalue weighted by Gasteiger charge is -2.42. The molecule has 0 heterocycles. The van der Waals surface area contributed by atoms with E-state index in [1.54, 1.807) is 0 Å². The summed E-state index contributed by atoms with van der Waals surface area (Å²) in [4.78, 5) is 0. The van der Waals surface area contributed by atoms with E-state index in [0.717, 1.165) is 12.3 Å². The van der Waals surface area contributed by atoms with E-state index in [9.17, 15) is 5.11 Å². The summed E-state index contributed by atoms with van der Waals surface area (Å²) in [5.74, 6) is 1.53. The maximum atomic E-state index is 10.6. The fraction of sp³-hybridized carbons (Fsp3) is 1.00. The van der Waals surface area contributed by atoms with Crippen LogP contribution in [0.5, 0.6) is 0 Å². The zero-order valence-corrected chi connectivity index (χ0v) is 9.43. The first-order valence-corrected chi connectivity index (χ1v) is 8.66. The Bertz CT molecular complexity index is 197. The van der Waals surface area contributed by atoms with Crippen molar-refractivity contribution in [2.24, 2.45) is 11.8 Å². The first-order chi connectivity index (χ1) is 5.43. The molecule has 2 heteroatoms. The molecule has 2 rings (SSSR count). The topological polar surface area (TPSA) is 20.2 Å². The summed E-state index contributed by atoms with van der Waals surface area (Å²) in [6.45, 7) is 6.94. The fourth-order valence-electron chi connectivity index (χ4n) is 3.22. The molecule has 0 aromatic carbocycles. The van der Waals surface area contributed by atoms with Crippen molar-refractivity contribution in [1.82, 2.24) is 0 Å². The van der Waals surface area contributed by atoms with E-state index in [4.69, 9.17) is 0 Å². The van der Waals surface area contributed by atoms with Gasteiger partial charge in [0.15, 0.2) is 0 Å². The highest BCUT2D eigenvalue weighted by atomic mass is 28.3. The molecule has 2 aliphatic rings. The lowest BCUT2D eigenvalue weighted by atomic mass is 9.97. The summed E-state index contributed by atoms with van der Waals surface area (Å²) >= 11 is 0. The molecule has 0 saturated heterocycles. The number of fused-ring (bicyclic) bond motifs is 2. The first kappa shape index (κ1) is 8.76. The standard InChI is InChI=1S/C10H20OSi/c1-12(2,3)10(11)7-8-4-5-9(10)6-8/h8-9,11H,4-7H2,1-3H3/t8-,9+,10?/m1/s1. The molecule has 0 amide bonds. The molecule has 2 saturated carbocycles. The van der Waals surface area contributed by atoms with Crippen LogP contribution in [0, 0.1) is 11.8 Å². The van der Waals surface area contributed by atoms with Crippen LogP contribution in [0.25, 0.3) is 0 Å². The van der Waals surface area contributed by atoms with Gasteiger partial charge in [-0.3, -0.25) is 0 Å². The SMILES string of the molecule is C[Si](C)(C)C1(O)C[C@@H]2CC[C@H]1C2. The third-order valence-corrected chi connectivity index (χ3v) is 7.33. The van der Waals surface area contributed by atoms with E-state index < -0.39 is 8.07 Å². The Balaban J connectivity index is 2.23. The maximum Gasteiger partial charge on any atom is 0.0824 e. The van der Waals surface area contributed by atoms with E-state index in [-0.39, 0.29) is 5.22 Å². The van der Waals surface area contributed by atoms with Crippen molar-refractivity contribution in [3.8, 4) is 0 Å². The second-order valence-corrected chi connectivity index (χ2v) is 11.1. The van der Waals surface area contributed by atoms with Crippen LogP contribution in [0.4, 0.5) is 0 Å². The molecule has 70 valence electrons. The molecule has 0 spiro atoms. The molecule has 1 N–H and O–H groups in total. The van der Waals surface area contributed by atoms with Crippen molar-refractivity contribution in [2.75, 3.05) is 0 Å². The molecule has 0 aliphatic heterocycles. The molecule has 3 atom stereocenters. The van der Waals surface area contributed by atoms with Gasteiger partial charge in [0.05, 0.1) is 13.3 Å². The minimum Gasteiger partial charge on any atom is -0.393 e. The van der Waals surface area contributed by atoms with Gasteiger partial charge in [-0.05, 0) is 37.5 Å². The average Bonchev–Trinajstić information content (AvgIpc) is 2.43. The summed E-state index contributed by atoms with van der Waals surface area (Å²) in [6, 6.07) is 0. The molecule has 12 heavy (non-hydrogen) atoms. The number of aliphatic hydroxyl groups is 1. The monoisotopic (exact) mass is 184 g/mol. The molecular weight excluding hydrogens is 164 g/mol. The van der Waals surface area contributed by atoms with Crippen LogP contribution in [-0.2, 0) is 0 Å². The minimum absolute atomic E-state index is 0.212. The Kier molecular flexibility index (Phi) is 1.72. The van der Waals surface area contributed by atoms with Gasteiger partial charge in [0.25, 0.3) is 0 Å². The predicted octanol–water partition coefficient (Wildman–Crippen LogP) is 2.41.